The molecule has 18 heteroatoms. The fourth-order valence-corrected chi connectivity index (χ4v) is 4.47. The summed E-state index contributed by atoms with van der Waals surface area (Å²) in [4.78, 5) is 76.3. The first-order valence-corrected chi connectivity index (χ1v) is 14.4. The van der Waals surface area contributed by atoms with E-state index < -0.39 is 45.8 Å². The SMILES string of the molecule is CCCCCC(CC(NC(=O)c1ccc(NCC2CNc3nc(N)[nH]c(=O)c3N2)cc1)C(=O)O)C(=O)O.O=c1cc[nH]c(=O)n1F. The highest BCUT2D eigenvalue weighted by atomic mass is 19.2. The van der Waals surface area contributed by atoms with Crippen LogP contribution in [0.15, 0.2) is 50.9 Å². The molecule has 1 aliphatic heterocycles. The first-order valence-electron chi connectivity index (χ1n) is 14.4. The number of nitrogens with zero attached hydrogens (tertiary/aromatic N) is 2. The number of unbranched alkanes of at least 4 members (excludes halogenated alkanes) is 2. The summed E-state index contributed by atoms with van der Waals surface area (Å²) in [7, 11) is 0. The molecule has 3 heterocycles. The molecule has 3 atom stereocenters. The van der Waals surface area contributed by atoms with Crippen molar-refractivity contribution in [3.8, 4) is 0 Å². The summed E-state index contributed by atoms with van der Waals surface area (Å²) in [6.07, 6.45) is 3.73. The normalized spacial score (nSPS) is 14.6. The van der Waals surface area contributed by atoms with Gasteiger partial charge in [-0.1, -0.05) is 35.5 Å². The molecule has 46 heavy (non-hydrogen) atoms. The van der Waals surface area contributed by atoms with Crippen LogP contribution in [0.2, 0.25) is 0 Å². The fourth-order valence-electron chi connectivity index (χ4n) is 4.47. The van der Waals surface area contributed by atoms with Crippen LogP contribution >= 0.6 is 0 Å². The number of anilines is 4. The highest BCUT2D eigenvalue weighted by Gasteiger charge is 2.28. The van der Waals surface area contributed by atoms with Crippen LogP contribution in [0.4, 0.5) is 27.6 Å². The maximum atomic E-state index is 12.7. The minimum absolute atomic E-state index is 0.0297. The van der Waals surface area contributed by atoms with Crippen molar-refractivity contribution in [1.29, 1.82) is 0 Å². The highest BCUT2D eigenvalue weighted by molar-refractivity contribution is 5.97. The Hall–Kier alpha value is -5.68. The topological polar surface area (TPSA) is 266 Å². The molecule has 0 radical (unpaired) electrons. The van der Waals surface area contributed by atoms with Crippen LogP contribution in [-0.4, -0.2) is 73.0 Å². The first-order chi connectivity index (χ1) is 21.9. The third-order valence-electron chi connectivity index (χ3n) is 6.94. The van der Waals surface area contributed by atoms with Crippen molar-refractivity contribution >= 4 is 41.0 Å². The largest absolute Gasteiger partial charge is 0.481 e. The molecule has 248 valence electrons. The number of carbonyl (C=O) groups excluding carboxylic acids is 1. The zero-order valence-corrected chi connectivity index (χ0v) is 24.8. The summed E-state index contributed by atoms with van der Waals surface area (Å²) in [5.74, 6) is -3.37. The maximum absolute atomic E-state index is 12.7. The van der Waals surface area contributed by atoms with Crippen molar-refractivity contribution in [2.45, 2.75) is 51.1 Å². The standard InChI is InChI=1S/C24H33N7O6.C4H3FN2O2/c1-2-3-4-5-14(22(34)35)10-17(23(36)37)29-20(32)13-6-8-15(9-7-13)26-11-16-12-27-19-18(28-16)21(33)31-24(25)30-19;5-7-3(8)1-2-6-4(7)9/h6-9,14,16-17,26,28H,2-5,10-12H2,1H3,(H,29,32)(H,34,35)(H,36,37)(H4,25,27,30,31,33);1-2H,(H,6,9). The van der Waals surface area contributed by atoms with Gasteiger partial charge in [0.05, 0.1) is 12.0 Å². The number of aliphatic carboxylic acids is 2. The number of halogens is 1. The predicted molar refractivity (Wildman–Crippen MR) is 167 cm³/mol. The van der Waals surface area contributed by atoms with Crippen molar-refractivity contribution in [3.05, 3.63) is 73.3 Å². The number of nitrogens with one attached hydrogen (secondary N) is 6. The molecule has 0 aliphatic carbocycles. The summed E-state index contributed by atoms with van der Waals surface area (Å²) >= 11 is 0. The lowest BCUT2D eigenvalue weighted by atomic mass is 9.93. The quantitative estimate of drug-likeness (QED) is 0.117. The summed E-state index contributed by atoms with van der Waals surface area (Å²) in [5, 5.41) is 30.8. The van der Waals surface area contributed by atoms with Crippen LogP contribution in [0.1, 0.15) is 49.4 Å². The van der Waals surface area contributed by atoms with Gasteiger partial charge in [-0.2, -0.15) is 4.98 Å². The number of amides is 1. The minimum Gasteiger partial charge on any atom is -0.481 e. The third kappa shape index (κ3) is 9.93. The van der Waals surface area contributed by atoms with Gasteiger partial charge in [-0.15, -0.1) is 0 Å². The van der Waals surface area contributed by atoms with Gasteiger partial charge >= 0.3 is 17.6 Å². The Morgan fingerprint density at radius 1 is 1.11 bits per heavy atom. The molecule has 4 rings (SSSR count). The molecule has 0 bridgehead atoms. The Morgan fingerprint density at radius 3 is 2.43 bits per heavy atom. The van der Waals surface area contributed by atoms with E-state index in [2.05, 4.69) is 31.2 Å². The third-order valence-corrected chi connectivity index (χ3v) is 6.94. The smallest absolute Gasteiger partial charge is 0.357 e. The molecule has 0 saturated heterocycles. The number of carboxylic acid groups (broad SMARTS) is 2. The molecule has 1 aliphatic rings. The average molecular weight is 646 g/mol. The maximum Gasteiger partial charge on any atom is 0.357 e. The first kappa shape index (κ1) is 34.8. The second kappa shape index (κ2) is 16.4. The van der Waals surface area contributed by atoms with Crippen LogP contribution in [0, 0.1) is 5.92 Å². The molecular formula is C28H36FN9O8. The Labute approximate surface area is 260 Å². The second-order valence-electron chi connectivity index (χ2n) is 10.4. The van der Waals surface area contributed by atoms with Crippen molar-refractivity contribution in [3.63, 3.8) is 0 Å². The van der Waals surface area contributed by atoms with Crippen LogP contribution in [-0.2, 0) is 9.59 Å². The molecular weight excluding hydrogens is 609 g/mol. The van der Waals surface area contributed by atoms with Gasteiger partial charge in [-0.3, -0.25) is 24.2 Å². The molecule has 2 aromatic heterocycles. The molecule has 0 saturated carbocycles. The molecule has 17 nitrogen and oxygen atoms in total. The van der Waals surface area contributed by atoms with E-state index in [1.807, 2.05) is 11.9 Å². The van der Waals surface area contributed by atoms with Gasteiger partial charge in [-0.05, 0) is 37.1 Å². The number of rotatable bonds is 13. The summed E-state index contributed by atoms with van der Waals surface area (Å²) in [5.41, 5.74) is 4.44. The summed E-state index contributed by atoms with van der Waals surface area (Å²) in [6, 6.07) is 5.93. The van der Waals surface area contributed by atoms with Gasteiger partial charge in [0, 0.05) is 36.6 Å². The van der Waals surface area contributed by atoms with Crippen LogP contribution in [0.25, 0.3) is 0 Å². The number of fused-ring (bicyclic) bond motifs is 1. The van der Waals surface area contributed by atoms with Gasteiger partial charge in [0.2, 0.25) is 5.95 Å². The number of aromatic nitrogens is 4. The number of H-pyrrole nitrogens is 2. The van der Waals surface area contributed by atoms with Crippen molar-refractivity contribution < 1.29 is 29.1 Å². The molecule has 1 aromatic carbocycles. The molecule has 0 spiro atoms. The fraction of sp³-hybridized carbons (Fsp3) is 0.393. The second-order valence-corrected chi connectivity index (χ2v) is 10.4. The van der Waals surface area contributed by atoms with Crippen molar-refractivity contribution in [1.82, 2.24) is 25.1 Å². The average Bonchev–Trinajstić information content (AvgIpc) is 3.02. The van der Waals surface area contributed by atoms with Crippen molar-refractivity contribution in [2.24, 2.45) is 5.92 Å². The van der Waals surface area contributed by atoms with E-state index in [9.17, 15) is 43.5 Å². The monoisotopic (exact) mass is 645 g/mol. The number of aromatic amines is 2. The number of nitrogens with two attached hydrogens (primary N) is 1. The van der Waals surface area contributed by atoms with Crippen LogP contribution < -0.4 is 43.8 Å². The van der Waals surface area contributed by atoms with Gasteiger partial charge in [0.25, 0.3) is 17.0 Å². The van der Waals surface area contributed by atoms with E-state index in [1.54, 1.807) is 24.3 Å². The summed E-state index contributed by atoms with van der Waals surface area (Å²) < 4.78 is 12.0. The van der Waals surface area contributed by atoms with E-state index in [-0.39, 0.29) is 29.5 Å². The van der Waals surface area contributed by atoms with E-state index in [0.717, 1.165) is 25.1 Å². The summed E-state index contributed by atoms with van der Waals surface area (Å²) in [6.45, 7) is 2.96. The van der Waals surface area contributed by atoms with Gasteiger partial charge in [0.15, 0.2) is 5.82 Å². The predicted octanol–water partition coefficient (Wildman–Crippen LogP) is 0.794. The Bertz CT molecular complexity index is 1660. The minimum atomic E-state index is -1.31. The lowest BCUT2D eigenvalue weighted by Gasteiger charge is -2.27. The Balaban J connectivity index is 0.000000549. The van der Waals surface area contributed by atoms with E-state index in [1.165, 1.54) is 0 Å². The molecule has 0 fully saturated rings. The molecule has 10 N–H and O–H groups in total. The van der Waals surface area contributed by atoms with E-state index in [4.69, 9.17) is 5.73 Å². The van der Waals surface area contributed by atoms with Crippen LogP contribution in [0.3, 0.4) is 0 Å². The van der Waals surface area contributed by atoms with Gasteiger partial charge < -0.3 is 42.2 Å². The highest BCUT2D eigenvalue weighted by Crippen LogP contribution is 2.21. The Morgan fingerprint density at radius 2 is 1.83 bits per heavy atom. The Kier molecular flexibility index (Phi) is 12.4. The molecule has 3 aromatic rings. The van der Waals surface area contributed by atoms with Gasteiger partial charge in [0.1, 0.15) is 11.7 Å². The lowest BCUT2D eigenvalue weighted by molar-refractivity contribution is -0.144. The number of hydrogen-bond acceptors (Lipinski definition) is 11. The number of benzene rings is 1. The van der Waals surface area contributed by atoms with Gasteiger partial charge in [-0.25, -0.2) is 9.59 Å². The number of hydrogen-bond donors (Lipinski definition) is 9. The zero-order valence-electron chi connectivity index (χ0n) is 24.8. The lowest BCUT2D eigenvalue weighted by Crippen LogP contribution is -2.43. The number of nitrogen functional groups attached to an aromatic ring is 1. The zero-order chi connectivity index (χ0) is 33.8. The van der Waals surface area contributed by atoms with Crippen LogP contribution in [0.5, 0.6) is 0 Å². The number of carboxylic acids is 2. The van der Waals surface area contributed by atoms with E-state index in [0.29, 0.717) is 43.1 Å². The van der Waals surface area contributed by atoms with E-state index >= 15 is 0 Å². The molecule has 1 amide bonds. The number of carbonyl (C=O) groups is 3. The molecule has 3 unspecified atom stereocenters. The van der Waals surface area contributed by atoms with Crippen molar-refractivity contribution in [2.75, 3.05) is 34.8 Å².